The predicted molar refractivity (Wildman–Crippen MR) is 133 cm³/mol. The van der Waals surface area contributed by atoms with Crippen molar-refractivity contribution in [2.45, 2.75) is 58.4 Å². The van der Waals surface area contributed by atoms with Gasteiger partial charge in [0.1, 0.15) is 0 Å². The highest BCUT2D eigenvalue weighted by molar-refractivity contribution is 6.04. The van der Waals surface area contributed by atoms with Crippen LogP contribution in [0.25, 0.3) is 10.8 Å². The number of carbonyl (C=O) groups is 2. The number of amides is 2. The average Bonchev–Trinajstić information content (AvgIpc) is 3.16. The molecular formula is C26H37N5O3. The molecular weight excluding hydrogens is 430 g/mol. The van der Waals surface area contributed by atoms with E-state index in [1.165, 1.54) is 17.5 Å². The fraction of sp³-hybridized carbons (Fsp3) is 0.615. The summed E-state index contributed by atoms with van der Waals surface area (Å²) in [6, 6.07) is 7.25. The Kier molecular flexibility index (Phi) is 8.32. The number of fused-ring (bicyclic) bond motifs is 1. The Hall–Kier alpha value is -2.74. The molecule has 2 aliphatic heterocycles. The van der Waals surface area contributed by atoms with E-state index in [0.717, 1.165) is 45.2 Å². The van der Waals surface area contributed by atoms with Crippen molar-refractivity contribution in [2.75, 3.05) is 45.8 Å². The van der Waals surface area contributed by atoms with Crippen molar-refractivity contribution in [3.05, 3.63) is 40.3 Å². The molecule has 8 nitrogen and oxygen atoms in total. The Bertz CT molecular complexity index is 1050. The third kappa shape index (κ3) is 5.66. The van der Waals surface area contributed by atoms with E-state index in [1.54, 1.807) is 6.07 Å². The van der Waals surface area contributed by atoms with E-state index in [-0.39, 0.29) is 17.4 Å². The monoisotopic (exact) mass is 467 g/mol. The maximum atomic E-state index is 13.5. The molecule has 34 heavy (non-hydrogen) atoms. The molecule has 1 aromatic heterocycles. The van der Waals surface area contributed by atoms with Gasteiger partial charge >= 0.3 is 0 Å². The van der Waals surface area contributed by atoms with Crippen molar-refractivity contribution in [1.29, 1.82) is 0 Å². The van der Waals surface area contributed by atoms with E-state index in [4.69, 9.17) is 0 Å². The van der Waals surface area contributed by atoms with Crippen molar-refractivity contribution >= 4 is 22.6 Å². The van der Waals surface area contributed by atoms with Gasteiger partial charge in [-0.15, -0.1) is 0 Å². The summed E-state index contributed by atoms with van der Waals surface area (Å²) < 4.78 is 1.46. The molecule has 0 bridgehead atoms. The number of hydrogen-bond acceptors (Lipinski definition) is 5. The van der Waals surface area contributed by atoms with Gasteiger partial charge in [-0.3, -0.25) is 19.3 Å². The molecule has 0 radical (unpaired) electrons. The predicted octanol–water partition coefficient (Wildman–Crippen LogP) is 2.75. The number of unbranched alkanes of at least 4 members (excludes halogenated alkanes) is 2. The molecule has 2 aliphatic rings. The van der Waals surface area contributed by atoms with Gasteiger partial charge in [0.05, 0.1) is 11.9 Å². The van der Waals surface area contributed by atoms with Crippen LogP contribution in [0.1, 0.15) is 62.4 Å². The first kappa shape index (κ1) is 24.4. The van der Waals surface area contributed by atoms with Gasteiger partial charge in [-0.2, -0.15) is 5.10 Å². The van der Waals surface area contributed by atoms with Crippen LogP contribution in [-0.4, -0.2) is 82.1 Å². The van der Waals surface area contributed by atoms with Crippen LogP contribution in [0.15, 0.2) is 29.1 Å². The highest BCUT2D eigenvalue weighted by Gasteiger charge is 2.27. The number of benzene rings is 1. The molecule has 4 rings (SSSR count). The Morgan fingerprint density at radius 1 is 0.853 bits per heavy atom. The molecule has 0 atom stereocenters. The molecule has 2 fully saturated rings. The summed E-state index contributed by atoms with van der Waals surface area (Å²) in [6.45, 7) is 7.23. The molecule has 0 unspecified atom stereocenters. The van der Waals surface area contributed by atoms with Crippen molar-refractivity contribution in [3.63, 3.8) is 0 Å². The molecule has 3 heterocycles. The van der Waals surface area contributed by atoms with Crippen molar-refractivity contribution in [1.82, 2.24) is 24.5 Å². The van der Waals surface area contributed by atoms with Crippen LogP contribution in [0.2, 0.25) is 0 Å². The normalized spacial score (nSPS) is 17.7. The van der Waals surface area contributed by atoms with Crippen LogP contribution in [0.4, 0.5) is 0 Å². The van der Waals surface area contributed by atoms with Gasteiger partial charge in [0.15, 0.2) is 5.69 Å². The molecule has 2 saturated heterocycles. The zero-order valence-electron chi connectivity index (χ0n) is 20.4. The first-order chi connectivity index (χ1) is 16.6. The van der Waals surface area contributed by atoms with Gasteiger partial charge in [0, 0.05) is 51.2 Å². The van der Waals surface area contributed by atoms with Gasteiger partial charge in [0.2, 0.25) is 5.91 Å². The highest BCUT2D eigenvalue weighted by Crippen LogP contribution is 2.17. The first-order valence-corrected chi connectivity index (χ1v) is 12.9. The highest BCUT2D eigenvalue weighted by atomic mass is 16.2. The Labute approximate surface area is 201 Å². The van der Waals surface area contributed by atoms with E-state index < -0.39 is 0 Å². The van der Waals surface area contributed by atoms with E-state index in [0.29, 0.717) is 55.7 Å². The summed E-state index contributed by atoms with van der Waals surface area (Å²) in [5.74, 6) is 0.0624. The van der Waals surface area contributed by atoms with Gasteiger partial charge in [0.25, 0.3) is 11.5 Å². The zero-order chi connectivity index (χ0) is 23.9. The summed E-state index contributed by atoms with van der Waals surface area (Å²) >= 11 is 0. The molecule has 0 aliphatic carbocycles. The number of carbonyl (C=O) groups excluding carboxylic acids is 2. The number of aromatic nitrogens is 2. The lowest BCUT2D eigenvalue weighted by Crippen LogP contribution is -2.52. The number of hydrogen-bond donors (Lipinski definition) is 0. The SMILES string of the molecule is CCCCCn1nc(C(=O)N2CCN(CC(=O)N3CCCCCC3)CC2)c2ccccc2c1=O. The second-order valence-electron chi connectivity index (χ2n) is 9.49. The molecule has 0 spiro atoms. The van der Waals surface area contributed by atoms with Gasteiger partial charge in [-0.05, 0) is 25.3 Å². The van der Waals surface area contributed by atoms with E-state index in [1.807, 2.05) is 28.0 Å². The van der Waals surface area contributed by atoms with Gasteiger partial charge in [-0.25, -0.2) is 4.68 Å². The fourth-order valence-electron chi connectivity index (χ4n) is 4.93. The number of nitrogens with zero attached hydrogens (tertiary/aromatic N) is 5. The third-order valence-corrected chi connectivity index (χ3v) is 7.02. The van der Waals surface area contributed by atoms with Gasteiger partial charge in [-0.1, -0.05) is 50.8 Å². The number of likely N-dealkylation sites (tertiary alicyclic amines) is 1. The average molecular weight is 468 g/mol. The molecule has 1 aromatic carbocycles. The van der Waals surface area contributed by atoms with E-state index in [9.17, 15) is 14.4 Å². The number of aryl methyl sites for hydroxylation is 1. The molecule has 8 heteroatoms. The summed E-state index contributed by atoms with van der Waals surface area (Å²) in [5.41, 5.74) is 0.209. The zero-order valence-corrected chi connectivity index (χ0v) is 20.4. The van der Waals surface area contributed by atoms with Crippen LogP contribution in [0.5, 0.6) is 0 Å². The van der Waals surface area contributed by atoms with E-state index >= 15 is 0 Å². The first-order valence-electron chi connectivity index (χ1n) is 12.9. The smallest absolute Gasteiger partial charge is 0.275 e. The quantitative estimate of drug-likeness (QED) is 0.585. The maximum Gasteiger partial charge on any atom is 0.275 e. The minimum absolute atomic E-state index is 0.139. The summed E-state index contributed by atoms with van der Waals surface area (Å²) in [6.07, 6.45) is 7.53. The van der Waals surface area contributed by atoms with Crippen LogP contribution in [-0.2, 0) is 11.3 Å². The minimum atomic E-state index is -0.140. The Morgan fingerprint density at radius 2 is 1.53 bits per heavy atom. The maximum absolute atomic E-state index is 13.5. The summed E-state index contributed by atoms with van der Waals surface area (Å²) in [7, 11) is 0. The second kappa shape index (κ2) is 11.6. The van der Waals surface area contributed by atoms with Gasteiger partial charge < -0.3 is 9.80 Å². The lowest BCUT2D eigenvalue weighted by atomic mass is 10.1. The molecule has 2 amide bonds. The van der Waals surface area contributed by atoms with Crippen LogP contribution >= 0.6 is 0 Å². The minimum Gasteiger partial charge on any atom is -0.342 e. The standard InChI is InChI=1S/C26H37N5O3/c1-2-3-8-15-31-25(33)22-12-7-6-11-21(22)24(27-31)26(34)30-18-16-28(17-19-30)20-23(32)29-13-9-4-5-10-14-29/h6-7,11-12H,2-5,8-10,13-20H2,1H3. The van der Waals surface area contributed by atoms with Crippen LogP contribution < -0.4 is 5.56 Å². The van der Waals surface area contributed by atoms with Crippen LogP contribution in [0, 0.1) is 0 Å². The lowest BCUT2D eigenvalue weighted by Gasteiger charge is -2.35. The molecule has 0 N–H and O–H groups in total. The second-order valence-corrected chi connectivity index (χ2v) is 9.49. The van der Waals surface area contributed by atoms with Crippen LogP contribution in [0.3, 0.4) is 0 Å². The lowest BCUT2D eigenvalue weighted by molar-refractivity contribution is -0.132. The third-order valence-electron chi connectivity index (χ3n) is 7.02. The Morgan fingerprint density at radius 3 is 2.21 bits per heavy atom. The molecule has 2 aromatic rings. The number of rotatable bonds is 7. The summed E-state index contributed by atoms with van der Waals surface area (Å²) in [5, 5.41) is 5.68. The largest absolute Gasteiger partial charge is 0.342 e. The fourth-order valence-corrected chi connectivity index (χ4v) is 4.93. The van der Waals surface area contributed by atoms with Crippen molar-refractivity contribution in [3.8, 4) is 0 Å². The Balaban J connectivity index is 1.43. The number of piperazine rings is 1. The van der Waals surface area contributed by atoms with E-state index in [2.05, 4.69) is 16.9 Å². The molecule has 0 saturated carbocycles. The molecule has 184 valence electrons. The summed E-state index contributed by atoms with van der Waals surface area (Å²) in [4.78, 5) is 45.1. The topological polar surface area (TPSA) is 78.8 Å². The van der Waals surface area contributed by atoms with Crippen molar-refractivity contribution in [2.24, 2.45) is 0 Å². The van der Waals surface area contributed by atoms with Crippen molar-refractivity contribution < 1.29 is 9.59 Å².